The van der Waals surface area contributed by atoms with E-state index in [2.05, 4.69) is 5.32 Å². The van der Waals surface area contributed by atoms with Crippen molar-refractivity contribution in [3.8, 4) is 5.75 Å². The van der Waals surface area contributed by atoms with Crippen LogP contribution in [0.5, 0.6) is 5.75 Å². The molecule has 1 aromatic carbocycles. The minimum absolute atomic E-state index is 0.0623. The molecule has 146 valence electrons. The highest BCUT2D eigenvalue weighted by Gasteiger charge is 2.34. The third kappa shape index (κ3) is 4.64. The first-order valence-electron chi connectivity index (χ1n) is 8.95. The average molecular weight is 376 g/mol. The van der Waals surface area contributed by atoms with Crippen molar-refractivity contribution in [2.75, 3.05) is 11.4 Å². The van der Waals surface area contributed by atoms with Crippen molar-refractivity contribution in [2.24, 2.45) is 0 Å². The van der Waals surface area contributed by atoms with E-state index in [1.807, 2.05) is 6.92 Å². The second kappa shape index (κ2) is 8.66. The van der Waals surface area contributed by atoms with E-state index in [4.69, 9.17) is 9.84 Å². The van der Waals surface area contributed by atoms with Crippen molar-refractivity contribution in [1.82, 2.24) is 5.32 Å². The van der Waals surface area contributed by atoms with Crippen molar-refractivity contribution in [2.45, 2.75) is 52.2 Å². The number of carbonyl (C=O) groups is 4. The molecule has 2 atom stereocenters. The molecule has 2 N–H and O–H groups in total. The van der Waals surface area contributed by atoms with Crippen molar-refractivity contribution in [3.05, 3.63) is 23.8 Å². The lowest BCUT2D eigenvalue weighted by atomic mass is 10.0. The summed E-state index contributed by atoms with van der Waals surface area (Å²) in [5.74, 6) is -1.83. The van der Waals surface area contributed by atoms with E-state index in [0.29, 0.717) is 29.8 Å². The van der Waals surface area contributed by atoms with Crippen LogP contribution >= 0.6 is 0 Å². The predicted molar refractivity (Wildman–Crippen MR) is 98.0 cm³/mol. The highest BCUT2D eigenvalue weighted by Crippen LogP contribution is 2.35. The number of hydrogen-bond donors (Lipinski definition) is 2. The molecule has 0 bridgehead atoms. The number of fused-ring (bicyclic) bond motifs is 1. The zero-order chi connectivity index (χ0) is 20.1. The van der Waals surface area contributed by atoms with Gasteiger partial charge in [-0.2, -0.15) is 0 Å². The number of nitrogens with one attached hydrogen (secondary N) is 1. The van der Waals surface area contributed by atoms with Crippen molar-refractivity contribution < 1.29 is 29.0 Å². The van der Waals surface area contributed by atoms with Gasteiger partial charge in [-0.3, -0.25) is 19.3 Å². The molecule has 2 amide bonds. The normalized spacial score (nSPS) is 16.9. The first-order valence-corrected chi connectivity index (χ1v) is 8.95. The average Bonchev–Trinajstić information content (AvgIpc) is 2.63. The Morgan fingerprint density at radius 3 is 2.59 bits per heavy atom. The van der Waals surface area contributed by atoms with Crippen LogP contribution in [0.3, 0.4) is 0 Å². The summed E-state index contributed by atoms with van der Waals surface area (Å²) in [6.45, 7) is 4.75. The van der Waals surface area contributed by atoms with Gasteiger partial charge in [-0.25, -0.2) is 4.79 Å². The highest BCUT2D eigenvalue weighted by atomic mass is 16.5. The number of hydrogen-bond acceptors (Lipinski definition) is 5. The maximum Gasteiger partial charge on any atom is 0.326 e. The van der Waals surface area contributed by atoms with Crippen LogP contribution < -0.4 is 15.0 Å². The zero-order valence-corrected chi connectivity index (χ0v) is 15.7. The Morgan fingerprint density at radius 1 is 1.30 bits per heavy atom. The Bertz CT molecular complexity index is 761. The molecule has 27 heavy (non-hydrogen) atoms. The quantitative estimate of drug-likeness (QED) is 0.669. The Hall–Kier alpha value is -2.90. The Balaban J connectivity index is 2.29. The number of aliphatic carboxylic acids is 1. The van der Waals surface area contributed by atoms with Gasteiger partial charge in [-0.15, -0.1) is 0 Å². The summed E-state index contributed by atoms with van der Waals surface area (Å²) in [6, 6.07) is 3.76. The van der Waals surface area contributed by atoms with Gasteiger partial charge in [-0.1, -0.05) is 13.8 Å². The molecule has 0 aliphatic carbocycles. The van der Waals surface area contributed by atoms with Gasteiger partial charge in [0, 0.05) is 12.0 Å². The molecule has 8 nitrogen and oxygen atoms in total. The zero-order valence-electron chi connectivity index (χ0n) is 15.7. The number of rotatable bonds is 8. The fraction of sp³-hybridized carbons (Fsp3) is 0.474. The van der Waals surface area contributed by atoms with Crippen molar-refractivity contribution in [1.29, 1.82) is 0 Å². The standard InChI is InChI=1S/C19H24N2O6/c1-4-6-15(22)12-7-8-16-14(9-12)21(18(24)11(3)27-16)10-17(23)20-13(5-2)19(25)26/h7-9,11,13H,4-6,10H2,1-3H3,(H,20,23)(H,25,26). The van der Waals surface area contributed by atoms with Crippen LogP contribution in [-0.2, 0) is 14.4 Å². The molecule has 2 rings (SSSR count). The molecule has 2 unspecified atom stereocenters. The van der Waals surface area contributed by atoms with E-state index in [-0.39, 0.29) is 18.7 Å². The maximum absolute atomic E-state index is 12.5. The van der Waals surface area contributed by atoms with Crippen LogP contribution in [-0.4, -0.2) is 47.4 Å². The molecule has 1 aliphatic heterocycles. The molecule has 1 aliphatic rings. The maximum atomic E-state index is 12.5. The summed E-state index contributed by atoms with van der Waals surface area (Å²) in [6.07, 6.45) is 0.508. The molecular weight excluding hydrogens is 352 g/mol. The van der Waals surface area contributed by atoms with E-state index < -0.39 is 29.9 Å². The van der Waals surface area contributed by atoms with Gasteiger partial charge in [0.2, 0.25) is 5.91 Å². The van der Waals surface area contributed by atoms with Crippen LogP contribution in [0.4, 0.5) is 5.69 Å². The predicted octanol–water partition coefficient (Wildman–Crippen LogP) is 1.76. The number of nitrogens with zero attached hydrogens (tertiary/aromatic N) is 1. The lowest BCUT2D eigenvalue weighted by molar-refractivity contribution is -0.141. The van der Waals surface area contributed by atoms with Crippen LogP contribution in [0.15, 0.2) is 18.2 Å². The summed E-state index contributed by atoms with van der Waals surface area (Å²) in [4.78, 5) is 49.3. The van der Waals surface area contributed by atoms with Crippen LogP contribution in [0.25, 0.3) is 0 Å². The minimum Gasteiger partial charge on any atom is -0.480 e. The third-order valence-corrected chi connectivity index (χ3v) is 4.31. The Kier molecular flexibility index (Phi) is 6.55. The molecule has 0 fully saturated rings. The lowest BCUT2D eigenvalue weighted by Gasteiger charge is -2.33. The summed E-state index contributed by atoms with van der Waals surface area (Å²) in [5.41, 5.74) is 0.766. The van der Waals surface area contributed by atoms with Gasteiger partial charge in [0.25, 0.3) is 5.91 Å². The molecule has 0 radical (unpaired) electrons. The van der Waals surface area contributed by atoms with Gasteiger partial charge in [0.1, 0.15) is 18.3 Å². The van der Waals surface area contributed by atoms with Crippen molar-refractivity contribution in [3.63, 3.8) is 0 Å². The number of carboxylic acid groups (broad SMARTS) is 1. The van der Waals surface area contributed by atoms with Crippen LogP contribution in [0, 0.1) is 0 Å². The van der Waals surface area contributed by atoms with Gasteiger partial charge in [0.15, 0.2) is 11.9 Å². The van der Waals surface area contributed by atoms with Gasteiger partial charge >= 0.3 is 5.97 Å². The molecule has 1 aromatic rings. The highest BCUT2D eigenvalue weighted by molar-refractivity contribution is 6.05. The number of anilines is 1. The first-order chi connectivity index (χ1) is 12.8. The molecule has 0 spiro atoms. The summed E-state index contributed by atoms with van der Waals surface area (Å²) >= 11 is 0. The van der Waals surface area contributed by atoms with Gasteiger partial charge in [-0.05, 0) is 38.0 Å². The summed E-state index contributed by atoms with van der Waals surface area (Å²) in [7, 11) is 0. The number of Topliss-reactive ketones (excluding diaryl/α,β-unsaturated/α-hetero) is 1. The molecule has 8 heteroatoms. The number of carboxylic acids is 1. The fourth-order valence-corrected chi connectivity index (χ4v) is 2.84. The van der Waals surface area contributed by atoms with E-state index in [1.165, 1.54) is 4.90 Å². The number of benzene rings is 1. The number of carbonyl (C=O) groups excluding carboxylic acids is 3. The van der Waals surface area contributed by atoms with Crippen molar-refractivity contribution >= 4 is 29.3 Å². The minimum atomic E-state index is -1.14. The number of amides is 2. The summed E-state index contributed by atoms with van der Waals surface area (Å²) < 4.78 is 5.56. The topological polar surface area (TPSA) is 113 Å². The monoisotopic (exact) mass is 376 g/mol. The van der Waals surface area contributed by atoms with E-state index in [0.717, 1.165) is 0 Å². The smallest absolute Gasteiger partial charge is 0.326 e. The number of ketones is 1. The fourth-order valence-electron chi connectivity index (χ4n) is 2.84. The second-order valence-corrected chi connectivity index (χ2v) is 6.41. The Labute approximate surface area is 157 Å². The summed E-state index contributed by atoms with van der Waals surface area (Å²) in [5, 5.41) is 11.5. The van der Waals surface area contributed by atoms with Gasteiger partial charge < -0.3 is 15.2 Å². The molecule has 1 heterocycles. The second-order valence-electron chi connectivity index (χ2n) is 6.41. The van der Waals surface area contributed by atoms with Crippen LogP contribution in [0.2, 0.25) is 0 Å². The Morgan fingerprint density at radius 2 is 2.00 bits per heavy atom. The molecule has 0 saturated heterocycles. The molecule has 0 aromatic heterocycles. The molecular formula is C19H24N2O6. The van der Waals surface area contributed by atoms with E-state index in [9.17, 15) is 19.2 Å². The van der Waals surface area contributed by atoms with Crippen LogP contribution in [0.1, 0.15) is 50.4 Å². The SMILES string of the molecule is CCCC(=O)c1ccc2c(c1)N(CC(=O)NC(CC)C(=O)O)C(=O)C(C)O2. The first kappa shape index (κ1) is 20.4. The largest absolute Gasteiger partial charge is 0.480 e. The van der Waals surface area contributed by atoms with E-state index >= 15 is 0 Å². The molecule has 0 saturated carbocycles. The van der Waals surface area contributed by atoms with Gasteiger partial charge in [0.05, 0.1) is 5.69 Å². The number of ether oxygens (including phenoxy) is 1. The lowest BCUT2D eigenvalue weighted by Crippen LogP contribution is -2.51. The van der Waals surface area contributed by atoms with E-state index in [1.54, 1.807) is 32.0 Å². The third-order valence-electron chi connectivity index (χ3n) is 4.31.